The molecule has 1 aliphatic rings. The predicted molar refractivity (Wildman–Crippen MR) is 150 cm³/mol. The third-order valence-corrected chi connectivity index (χ3v) is 6.95. The molecule has 1 heterocycles. The fourth-order valence-electron chi connectivity index (χ4n) is 4.73. The number of ether oxygens (including phenoxy) is 1. The van der Waals surface area contributed by atoms with Crippen molar-refractivity contribution >= 4 is 40.8 Å². The average molecular weight is 526 g/mol. The zero-order valence-electron chi connectivity index (χ0n) is 20.7. The smallest absolute Gasteiger partial charge is 0.307 e. The van der Waals surface area contributed by atoms with Crippen LogP contribution in [0, 0.1) is 0 Å². The van der Waals surface area contributed by atoms with E-state index in [1.807, 2.05) is 42.5 Å². The van der Waals surface area contributed by atoms with Gasteiger partial charge in [-0.2, -0.15) is 0 Å². The average Bonchev–Trinajstić information content (AvgIpc) is 3.12. The summed E-state index contributed by atoms with van der Waals surface area (Å²) >= 11 is 6.68. The Kier molecular flexibility index (Phi) is 6.66. The Hall–Kier alpha value is -4.55. The van der Waals surface area contributed by atoms with Crippen LogP contribution in [0.1, 0.15) is 16.7 Å². The van der Waals surface area contributed by atoms with Crippen molar-refractivity contribution in [2.75, 3.05) is 19.1 Å². The first-order valence-corrected chi connectivity index (χ1v) is 12.3. The van der Waals surface area contributed by atoms with Gasteiger partial charge in [0.2, 0.25) is 0 Å². The zero-order valence-corrected chi connectivity index (χ0v) is 21.5. The van der Waals surface area contributed by atoms with Crippen LogP contribution >= 0.6 is 11.6 Å². The number of carbonyl (C=O) groups is 2. The summed E-state index contributed by atoms with van der Waals surface area (Å²) in [6.45, 7) is 0. The number of likely N-dealkylation sites (N-methyl/N-ethyl adjacent to an activating group) is 1. The Bertz CT molecular complexity index is 1610. The molecule has 0 spiro atoms. The third kappa shape index (κ3) is 4.62. The molecule has 1 amide bonds. The number of nitrogens with zero attached hydrogens (tertiary/aromatic N) is 1. The number of anilines is 1. The summed E-state index contributed by atoms with van der Waals surface area (Å²) in [6.07, 6.45) is 1.57. The summed E-state index contributed by atoms with van der Waals surface area (Å²) in [5.74, 6) is -0.468. The number of amides is 1. The molecule has 0 radical (unpaired) electrons. The molecule has 0 fully saturated rings. The molecule has 4 aromatic rings. The summed E-state index contributed by atoms with van der Waals surface area (Å²) in [5, 5.41) is 20.0. The monoisotopic (exact) mass is 525 g/mol. The molecular formula is C31H24ClNO5. The molecule has 0 unspecified atom stereocenters. The quantitative estimate of drug-likeness (QED) is 0.279. The van der Waals surface area contributed by atoms with Gasteiger partial charge in [0.05, 0.1) is 24.2 Å². The number of benzene rings is 4. The van der Waals surface area contributed by atoms with Crippen molar-refractivity contribution in [2.45, 2.75) is 6.42 Å². The molecule has 2 N–H and O–H groups in total. The summed E-state index contributed by atoms with van der Waals surface area (Å²) in [6, 6.07) is 23.8. The number of rotatable bonds is 6. The molecule has 0 saturated carbocycles. The van der Waals surface area contributed by atoms with Crippen molar-refractivity contribution in [3.63, 3.8) is 0 Å². The van der Waals surface area contributed by atoms with Crippen LogP contribution in [-0.4, -0.2) is 36.2 Å². The predicted octanol–water partition coefficient (Wildman–Crippen LogP) is 6.53. The highest BCUT2D eigenvalue weighted by Gasteiger charge is 2.31. The van der Waals surface area contributed by atoms with E-state index < -0.39 is 5.97 Å². The van der Waals surface area contributed by atoms with E-state index in [2.05, 4.69) is 0 Å². The Morgan fingerprint density at radius 1 is 0.947 bits per heavy atom. The van der Waals surface area contributed by atoms with Crippen LogP contribution in [0.5, 0.6) is 11.5 Å². The number of hydrogen-bond acceptors (Lipinski definition) is 4. The van der Waals surface area contributed by atoms with E-state index >= 15 is 0 Å². The summed E-state index contributed by atoms with van der Waals surface area (Å²) in [4.78, 5) is 26.1. The first kappa shape index (κ1) is 25.1. The molecule has 38 heavy (non-hydrogen) atoms. The van der Waals surface area contributed by atoms with Crippen molar-refractivity contribution in [3.8, 4) is 33.8 Å². The van der Waals surface area contributed by atoms with Gasteiger partial charge < -0.3 is 19.8 Å². The molecular weight excluding hydrogens is 502 g/mol. The molecule has 0 atom stereocenters. The minimum atomic E-state index is -0.970. The van der Waals surface area contributed by atoms with E-state index in [-0.39, 0.29) is 18.1 Å². The van der Waals surface area contributed by atoms with Crippen LogP contribution in [0.25, 0.3) is 33.9 Å². The van der Waals surface area contributed by atoms with Crippen LogP contribution in [0.4, 0.5) is 5.69 Å². The SMILES string of the molecule is COc1ccc(C=C2C(=O)N(C)c3cc(Cl)c(-c4ccc(-c5ccccc5O)cc4)cc32)cc1CC(=O)O. The lowest BCUT2D eigenvalue weighted by Crippen LogP contribution is -2.20. The highest BCUT2D eigenvalue weighted by molar-refractivity contribution is 6.38. The van der Waals surface area contributed by atoms with Gasteiger partial charge in [-0.15, -0.1) is 0 Å². The van der Waals surface area contributed by atoms with E-state index in [4.69, 9.17) is 16.3 Å². The Balaban J connectivity index is 1.56. The standard InChI is InChI=1S/C31H24ClNO5/c1-33-27-17-26(32)23(20-10-8-19(9-11-20)22-5-3-4-6-28(22)34)16-24(27)25(31(33)37)14-18-7-12-29(38-2)21(13-18)15-30(35)36/h3-14,16-17,34H,15H2,1-2H3,(H,35,36). The van der Waals surface area contributed by atoms with Gasteiger partial charge in [-0.1, -0.05) is 60.1 Å². The van der Waals surface area contributed by atoms with E-state index in [1.54, 1.807) is 54.4 Å². The number of phenolic OH excluding ortho intramolecular Hbond substituents is 1. The number of carboxylic acid groups (broad SMARTS) is 1. The van der Waals surface area contributed by atoms with Gasteiger partial charge in [-0.25, -0.2) is 0 Å². The number of carboxylic acids is 1. The highest BCUT2D eigenvalue weighted by atomic mass is 35.5. The molecule has 0 aliphatic carbocycles. The zero-order chi connectivity index (χ0) is 27.0. The minimum absolute atomic E-state index is 0.182. The Morgan fingerprint density at radius 3 is 2.29 bits per heavy atom. The maximum atomic E-state index is 13.2. The minimum Gasteiger partial charge on any atom is -0.507 e. The van der Waals surface area contributed by atoms with Gasteiger partial charge >= 0.3 is 5.97 Å². The lowest BCUT2D eigenvalue weighted by Gasteiger charge is -2.12. The molecule has 0 aromatic heterocycles. The topological polar surface area (TPSA) is 87.1 Å². The Labute approximate surface area is 225 Å². The maximum absolute atomic E-state index is 13.2. The fraction of sp³-hybridized carbons (Fsp3) is 0.0968. The molecule has 0 saturated heterocycles. The van der Waals surface area contributed by atoms with E-state index in [0.29, 0.717) is 33.2 Å². The summed E-state index contributed by atoms with van der Waals surface area (Å²) in [5.41, 5.74) is 6.37. The largest absolute Gasteiger partial charge is 0.507 e. The van der Waals surface area contributed by atoms with Crippen LogP contribution in [-0.2, 0) is 16.0 Å². The van der Waals surface area contributed by atoms with Crippen molar-refractivity contribution < 1.29 is 24.5 Å². The van der Waals surface area contributed by atoms with E-state index in [1.165, 1.54) is 7.11 Å². The molecule has 5 rings (SSSR count). The number of para-hydroxylation sites is 1. The number of hydrogen-bond donors (Lipinski definition) is 2. The normalized spacial score (nSPS) is 13.6. The van der Waals surface area contributed by atoms with Gasteiger partial charge in [0, 0.05) is 34.9 Å². The number of aliphatic carboxylic acids is 1. The molecule has 1 aliphatic heterocycles. The van der Waals surface area contributed by atoms with Gasteiger partial charge in [-0.3, -0.25) is 9.59 Å². The first-order chi connectivity index (χ1) is 18.3. The number of halogens is 1. The van der Waals surface area contributed by atoms with Crippen LogP contribution < -0.4 is 9.64 Å². The Morgan fingerprint density at radius 2 is 1.63 bits per heavy atom. The number of aromatic hydroxyl groups is 1. The number of phenols is 1. The fourth-order valence-corrected chi connectivity index (χ4v) is 4.99. The van der Waals surface area contributed by atoms with E-state index in [9.17, 15) is 19.8 Å². The number of carbonyl (C=O) groups excluding carboxylic acids is 1. The lowest BCUT2D eigenvalue weighted by atomic mass is 9.96. The molecule has 0 bridgehead atoms. The second kappa shape index (κ2) is 10.1. The number of fused-ring (bicyclic) bond motifs is 1. The third-order valence-electron chi connectivity index (χ3n) is 6.64. The second-order valence-electron chi connectivity index (χ2n) is 9.01. The van der Waals surface area contributed by atoms with Crippen molar-refractivity contribution in [1.29, 1.82) is 0 Å². The molecule has 4 aromatic carbocycles. The van der Waals surface area contributed by atoms with Gasteiger partial charge in [-0.05, 0) is 53.1 Å². The van der Waals surface area contributed by atoms with Gasteiger partial charge in [0.25, 0.3) is 5.91 Å². The van der Waals surface area contributed by atoms with Crippen LogP contribution in [0.15, 0.2) is 78.9 Å². The second-order valence-corrected chi connectivity index (χ2v) is 9.41. The van der Waals surface area contributed by atoms with Crippen molar-refractivity contribution in [1.82, 2.24) is 0 Å². The maximum Gasteiger partial charge on any atom is 0.307 e. The summed E-state index contributed by atoms with van der Waals surface area (Å²) < 4.78 is 5.30. The van der Waals surface area contributed by atoms with Crippen molar-refractivity contribution in [3.05, 3.63) is 101 Å². The first-order valence-electron chi connectivity index (χ1n) is 11.9. The molecule has 190 valence electrons. The van der Waals surface area contributed by atoms with Crippen molar-refractivity contribution in [2.24, 2.45) is 0 Å². The molecule has 7 heteroatoms. The van der Waals surface area contributed by atoms with Gasteiger partial charge in [0.15, 0.2) is 0 Å². The van der Waals surface area contributed by atoms with Crippen LogP contribution in [0.3, 0.4) is 0 Å². The lowest BCUT2D eigenvalue weighted by molar-refractivity contribution is -0.136. The van der Waals surface area contributed by atoms with Gasteiger partial charge in [0.1, 0.15) is 11.5 Å². The summed E-state index contributed by atoms with van der Waals surface area (Å²) in [7, 11) is 3.19. The van der Waals surface area contributed by atoms with Crippen LogP contribution in [0.2, 0.25) is 5.02 Å². The number of methoxy groups -OCH3 is 1. The highest BCUT2D eigenvalue weighted by Crippen LogP contribution is 2.43. The van der Waals surface area contributed by atoms with E-state index in [0.717, 1.165) is 27.8 Å². The molecule has 6 nitrogen and oxygen atoms in total.